The van der Waals surface area contributed by atoms with E-state index in [1.54, 1.807) is 0 Å². The molecule has 0 heterocycles. The van der Waals surface area contributed by atoms with Crippen molar-refractivity contribution in [2.45, 2.75) is 271 Å². The molecule has 0 radical (unpaired) electrons. The molecule has 0 aliphatic carbocycles. The predicted molar refractivity (Wildman–Crippen MR) is 307 cm³/mol. The highest BCUT2D eigenvalue weighted by Gasteiger charge is 2.19. The molecule has 0 fully saturated rings. The van der Waals surface area contributed by atoms with E-state index in [2.05, 4.69) is 130 Å². The second-order valence-electron chi connectivity index (χ2n) is 19.1. The van der Waals surface area contributed by atoms with Crippen molar-refractivity contribution in [1.82, 2.24) is 0 Å². The molecule has 0 amide bonds. The largest absolute Gasteiger partial charge is 0.462 e. The maximum absolute atomic E-state index is 12.8. The first kappa shape index (κ1) is 67.1. The summed E-state index contributed by atoms with van der Waals surface area (Å²) in [5.41, 5.74) is 0. The molecule has 0 rings (SSSR count). The lowest BCUT2D eigenvalue weighted by atomic mass is 10.0. The van der Waals surface area contributed by atoms with Crippen molar-refractivity contribution < 1.29 is 28.6 Å². The molecular formula is C65H108O6. The lowest BCUT2D eigenvalue weighted by Crippen LogP contribution is -2.30. The molecule has 1 atom stereocenters. The highest BCUT2D eigenvalue weighted by atomic mass is 16.6. The molecule has 0 saturated carbocycles. The maximum Gasteiger partial charge on any atom is 0.306 e. The van der Waals surface area contributed by atoms with Gasteiger partial charge in [-0.05, 0) is 103 Å². The summed E-state index contributed by atoms with van der Waals surface area (Å²) in [5, 5.41) is 0. The Labute approximate surface area is 438 Å². The van der Waals surface area contributed by atoms with Gasteiger partial charge in [0.05, 0.1) is 0 Å². The Kier molecular flexibility index (Phi) is 55.4. The first-order chi connectivity index (χ1) is 35.0. The van der Waals surface area contributed by atoms with Gasteiger partial charge in [-0.1, -0.05) is 252 Å². The fourth-order valence-electron chi connectivity index (χ4n) is 7.93. The van der Waals surface area contributed by atoms with E-state index in [0.29, 0.717) is 19.3 Å². The number of allylic oxidation sites excluding steroid dienone is 18. The quantitative estimate of drug-likeness (QED) is 0.0261. The van der Waals surface area contributed by atoms with Gasteiger partial charge in [-0.3, -0.25) is 14.4 Å². The zero-order chi connectivity index (χ0) is 51.4. The molecule has 0 aromatic rings. The average Bonchev–Trinajstić information content (AvgIpc) is 3.37. The van der Waals surface area contributed by atoms with Crippen LogP contribution in [0.4, 0.5) is 0 Å². The third-order valence-electron chi connectivity index (χ3n) is 12.3. The topological polar surface area (TPSA) is 78.9 Å². The Bertz CT molecular complexity index is 1460. The fraction of sp³-hybridized carbons (Fsp3) is 0.677. The van der Waals surface area contributed by atoms with Gasteiger partial charge in [0, 0.05) is 19.3 Å². The van der Waals surface area contributed by atoms with E-state index in [4.69, 9.17) is 14.2 Å². The molecule has 6 nitrogen and oxygen atoms in total. The third kappa shape index (κ3) is 56.9. The number of carbonyl (C=O) groups excluding carboxylic acids is 3. The molecule has 1 unspecified atom stereocenters. The number of unbranched alkanes of at least 4 members (excludes halogenated alkanes) is 23. The minimum atomic E-state index is -0.805. The number of rotatable bonds is 52. The van der Waals surface area contributed by atoms with Gasteiger partial charge in [0.2, 0.25) is 0 Å². The third-order valence-corrected chi connectivity index (χ3v) is 12.3. The highest BCUT2D eigenvalue weighted by Crippen LogP contribution is 2.15. The van der Waals surface area contributed by atoms with Gasteiger partial charge in [0.25, 0.3) is 0 Å². The van der Waals surface area contributed by atoms with Gasteiger partial charge >= 0.3 is 17.9 Å². The van der Waals surface area contributed by atoms with E-state index in [1.807, 2.05) is 0 Å². The van der Waals surface area contributed by atoms with Crippen LogP contribution < -0.4 is 0 Å². The fourth-order valence-corrected chi connectivity index (χ4v) is 7.93. The molecule has 0 aliphatic rings. The molecular weight excluding hydrogens is 877 g/mol. The number of carbonyl (C=O) groups is 3. The van der Waals surface area contributed by atoms with Crippen LogP contribution in [0.5, 0.6) is 0 Å². The summed E-state index contributed by atoms with van der Waals surface area (Å²) in [7, 11) is 0. The van der Waals surface area contributed by atoms with E-state index in [0.717, 1.165) is 116 Å². The second kappa shape index (κ2) is 58.6. The van der Waals surface area contributed by atoms with Crippen LogP contribution in [-0.2, 0) is 28.6 Å². The SMILES string of the molecule is CC/C=C\C/C=C\C/C=C\C/C=C\C/C=C\CCCCCCCCCC(=O)OCC(COC(=O)CCCCCCCCCCCCCCCCC)OC(=O)CCCC/C=C\C/C=C\C/C=C\C/C=C\CC. The normalized spacial score (nSPS) is 12.9. The number of hydrogen-bond acceptors (Lipinski definition) is 6. The Morgan fingerprint density at radius 3 is 0.887 bits per heavy atom. The summed E-state index contributed by atoms with van der Waals surface area (Å²) >= 11 is 0. The molecule has 0 spiro atoms. The van der Waals surface area contributed by atoms with Gasteiger partial charge in [0.1, 0.15) is 13.2 Å². The van der Waals surface area contributed by atoms with E-state index in [1.165, 1.54) is 103 Å². The Morgan fingerprint density at radius 2 is 0.549 bits per heavy atom. The van der Waals surface area contributed by atoms with Gasteiger partial charge in [-0.2, -0.15) is 0 Å². The van der Waals surface area contributed by atoms with Gasteiger partial charge in [-0.25, -0.2) is 0 Å². The van der Waals surface area contributed by atoms with Crippen LogP contribution in [-0.4, -0.2) is 37.2 Å². The van der Waals surface area contributed by atoms with Crippen LogP contribution in [0, 0.1) is 0 Å². The van der Waals surface area contributed by atoms with E-state index < -0.39 is 6.10 Å². The first-order valence-electron chi connectivity index (χ1n) is 29.4. The molecule has 0 aromatic carbocycles. The first-order valence-corrected chi connectivity index (χ1v) is 29.4. The van der Waals surface area contributed by atoms with Crippen molar-refractivity contribution in [2.75, 3.05) is 13.2 Å². The highest BCUT2D eigenvalue weighted by molar-refractivity contribution is 5.71. The molecule has 0 N–H and O–H groups in total. The Balaban J connectivity index is 4.42. The monoisotopic (exact) mass is 985 g/mol. The Morgan fingerprint density at radius 1 is 0.296 bits per heavy atom. The summed E-state index contributed by atoms with van der Waals surface area (Å²) in [6.45, 7) is 6.38. The zero-order valence-corrected chi connectivity index (χ0v) is 46.2. The minimum absolute atomic E-state index is 0.0976. The van der Waals surface area contributed by atoms with Gasteiger partial charge in [-0.15, -0.1) is 0 Å². The van der Waals surface area contributed by atoms with Gasteiger partial charge < -0.3 is 14.2 Å². The lowest BCUT2D eigenvalue weighted by molar-refractivity contribution is -0.167. The van der Waals surface area contributed by atoms with Crippen molar-refractivity contribution in [3.63, 3.8) is 0 Å². The van der Waals surface area contributed by atoms with Crippen molar-refractivity contribution in [3.8, 4) is 0 Å². The van der Waals surface area contributed by atoms with E-state index in [-0.39, 0.29) is 37.5 Å². The van der Waals surface area contributed by atoms with Crippen LogP contribution in [0.25, 0.3) is 0 Å². The van der Waals surface area contributed by atoms with Crippen LogP contribution in [0.1, 0.15) is 265 Å². The second-order valence-corrected chi connectivity index (χ2v) is 19.1. The van der Waals surface area contributed by atoms with Crippen LogP contribution in [0.15, 0.2) is 109 Å². The van der Waals surface area contributed by atoms with Crippen LogP contribution >= 0.6 is 0 Å². The van der Waals surface area contributed by atoms with Crippen LogP contribution in [0.2, 0.25) is 0 Å². The molecule has 6 heteroatoms. The number of ether oxygens (including phenoxy) is 3. The summed E-state index contributed by atoms with van der Waals surface area (Å²) in [6.07, 6.45) is 79.4. The minimum Gasteiger partial charge on any atom is -0.462 e. The molecule has 0 saturated heterocycles. The molecule has 71 heavy (non-hydrogen) atoms. The Hall–Kier alpha value is -3.93. The van der Waals surface area contributed by atoms with E-state index >= 15 is 0 Å². The smallest absolute Gasteiger partial charge is 0.306 e. The lowest BCUT2D eigenvalue weighted by Gasteiger charge is -2.18. The predicted octanol–water partition coefficient (Wildman–Crippen LogP) is 19.9. The standard InChI is InChI=1S/C65H108O6/c1-4-7-10-13-16-19-22-25-28-29-30-31-32-33-34-35-38-40-43-46-49-52-55-58-64(67)70-61-62(71-65(68)59-56-53-50-47-44-41-37-27-24-21-18-15-12-9-6-3)60-69-63(66)57-54-51-48-45-42-39-36-26-23-20-17-14-11-8-5-2/h7,9-10,12,16,18-19,21,25,27-28,30-31,33-34,37,44,47,62H,4-6,8,11,13-15,17,20,22-24,26,29,32,35-36,38-43,45-46,48-61H2,1-3H3/b10-7-,12-9-,19-16-,21-18-,28-25-,31-30-,34-33-,37-27-,47-44-. The van der Waals surface area contributed by atoms with E-state index in [9.17, 15) is 14.4 Å². The molecule has 0 aliphatic heterocycles. The summed E-state index contributed by atoms with van der Waals surface area (Å²) in [4.78, 5) is 38.2. The van der Waals surface area contributed by atoms with Crippen LogP contribution in [0.3, 0.4) is 0 Å². The van der Waals surface area contributed by atoms with Gasteiger partial charge in [0.15, 0.2) is 6.10 Å². The summed E-state index contributed by atoms with van der Waals surface area (Å²) in [5.74, 6) is -0.947. The van der Waals surface area contributed by atoms with Crippen molar-refractivity contribution in [1.29, 1.82) is 0 Å². The molecule has 404 valence electrons. The summed E-state index contributed by atoms with van der Waals surface area (Å²) < 4.78 is 16.8. The number of esters is 3. The number of hydrogen-bond donors (Lipinski definition) is 0. The van der Waals surface area contributed by atoms with Crippen molar-refractivity contribution in [2.24, 2.45) is 0 Å². The molecule has 0 bridgehead atoms. The van der Waals surface area contributed by atoms with Crippen molar-refractivity contribution in [3.05, 3.63) is 109 Å². The summed E-state index contributed by atoms with van der Waals surface area (Å²) in [6, 6.07) is 0. The maximum atomic E-state index is 12.8. The zero-order valence-electron chi connectivity index (χ0n) is 46.2. The molecule has 0 aromatic heterocycles. The van der Waals surface area contributed by atoms with Crippen molar-refractivity contribution >= 4 is 17.9 Å². The average molecular weight is 986 g/mol.